The molecule has 72 valence electrons. The van der Waals surface area contributed by atoms with Gasteiger partial charge in [-0.1, -0.05) is 11.6 Å². The van der Waals surface area contributed by atoms with Crippen molar-refractivity contribution >= 4 is 23.2 Å². The number of rotatable bonds is 1. The van der Waals surface area contributed by atoms with E-state index in [0.29, 0.717) is 5.69 Å². The summed E-state index contributed by atoms with van der Waals surface area (Å²) in [5.74, 6) is -0.400. The molecule has 2 aromatic rings. The minimum Gasteiger partial charge on any atom is -0.271 e. The van der Waals surface area contributed by atoms with E-state index in [2.05, 4.69) is 10.2 Å². The third kappa shape index (κ3) is 1.58. The van der Waals surface area contributed by atoms with Crippen LogP contribution >= 0.6 is 23.2 Å². The van der Waals surface area contributed by atoms with E-state index in [1.165, 1.54) is 29.1 Å². The minimum atomic E-state index is -0.400. The fourth-order valence-corrected chi connectivity index (χ4v) is 1.50. The average molecular weight is 232 g/mol. The van der Waals surface area contributed by atoms with Crippen molar-refractivity contribution in [3.05, 3.63) is 40.6 Å². The van der Waals surface area contributed by atoms with Crippen LogP contribution in [0.4, 0.5) is 4.39 Å². The van der Waals surface area contributed by atoms with Crippen LogP contribution in [0.25, 0.3) is 5.69 Å². The van der Waals surface area contributed by atoms with Crippen LogP contribution in [0.5, 0.6) is 0 Å². The predicted molar refractivity (Wildman–Crippen MR) is 51.3 cm³/mol. The van der Waals surface area contributed by atoms with Crippen molar-refractivity contribution in [1.82, 2.24) is 14.8 Å². The molecule has 3 nitrogen and oxygen atoms in total. The lowest BCUT2D eigenvalue weighted by Gasteiger charge is -2.04. The number of hydrogen-bond donors (Lipinski definition) is 0. The van der Waals surface area contributed by atoms with Crippen LogP contribution in [0.1, 0.15) is 0 Å². The molecule has 0 radical (unpaired) electrons. The maximum Gasteiger partial charge on any atom is 0.229 e. The maximum atomic E-state index is 12.7. The Labute approximate surface area is 89.1 Å². The van der Waals surface area contributed by atoms with Gasteiger partial charge in [0, 0.05) is 0 Å². The SMILES string of the molecule is Fc1ccc(-n2cnnc2Cl)c(Cl)c1. The van der Waals surface area contributed by atoms with Gasteiger partial charge < -0.3 is 0 Å². The molecule has 0 amide bonds. The van der Waals surface area contributed by atoms with Gasteiger partial charge in [-0.2, -0.15) is 0 Å². The molecular weight excluding hydrogens is 228 g/mol. The Balaban J connectivity index is 2.58. The summed E-state index contributed by atoms with van der Waals surface area (Å²) in [6.45, 7) is 0. The Bertz CT molecular complexity index is 469. The largest absolute Gasteiger partial charge is 0.271 e. The van der Waals surface area contributed by atoms with Crippen molar-refractivity contribution in [3.63, 3.8) is 0 Å². The van der Waals surface area contributed by atoms with Gasteiger partial charge in [0.2, 0.25) is 5.28 Å². The smallest absolute Gasteiger partial charge is 0.229 e. The van der Waals surface area contributed by atoms with Crippen molar-refractivity contribution in [1.29, 1.82) is 0 Å². The summed E-state index contributed by atoms with van der Waals surface area (Å²) in [4.78, 5) is 0. The van der Waals surface area contributed by atoms with Crippen molar-refractivity contribution in [3.8, 4) is 5.69 Å². The monoisotopic (exact) mass is 231 g/mol. The van der Waals surface area contributed by atoms with Crippen LogP contribution in [0.3, 0.4) is 0 Å². The van der Waals surface area contributed by atoms with Gasteiger partial charge in [-0.05, 0) is 29.8 Å². The molecule has 6 heteroatoms. The second-order valence-electron chi connectivity index (χ2n) is 2.57. The Hall–Kier alpha value is -1.13. The molecule has 0 saturated heterocycles. The highest BCUT2D eigenvalue weighted by atomic mass is 35.5. The van der Waals surface area contributed by atoms with Crippen LogP contribution in [0.2, 0.25) is 10.3 Å². The van der Waals surface area contributed by atoms with Crippen molar-refractivity contribution in [2.24, 2.45) is 0 Å². The number of nitrogens with zero attached hydrogens (tertiary/aromatic N) is 3. The number of benzene rings is 1. The normalized spacial score (nSPS) is 10.5. The summed E-state index contributed by atoms with van der Waals surface area (Å²) < 4.78 is 14.2. The molecule has 0 unspecified atom stereocenters. The van der Waals surface area contributed by atoms with E-state index in [9.17, 15) is 4.39 Å². The van der Waals surface area contributed by atoms with E-state index < -0.39 is 5.82 Å². The fraction of sp³-hybridized carbons (Fsp3) is 0. The molecule has 0 atom stereocenters. The van der Waals surface area contributed by atoms with Gasteiger partial charge in [0.1, 0.15) is 12.1 Å². The highest BCUT2D eigenvalue weighted by molar-refractivity contribution is 6.33. The molecule has 0 fully saturated rings. The molecule has 0 saturated carbocycles. The zero-order chi connectivity index (χ0) is 10.1. The maximum absolute atomic E-state index is 12.7. The highest BCUT2D eigenvalue weighted by Crippen LogP contribution is 2.23. The first-order valence-electron chi connectivity index (χ1n) is 3.69. The van der Waals surface area contributed by atoms with Crippen molar-refractivity contribution < 1.29 is 4.39 Å². The van der Waals surface area contributed by atoms with E-state index in [-0.39, 0.29) is 10.3 Å². The van der Waals surface area contributed by atoms with Gasteiger partial charge in [0.15, 0.2) is 0 Å². The first-order valence-corrected chi connectivity index (χ1v) is 4.45. The summed E-state index contributed by atoms with van der Waals surface area (Å²) >= 11 is 11.5. The van der Waals surface area contributed by atoms with Crippen LogP contribution in [-0.4, -0.2) is 14.8 Å². The Kier molecular flexibility index (Phi) is 2.39. The molecule has 0 N–H and O–H groups in total. The lowest BCUT2D eigenvalue weighted by atomic mass is 10.3. The molecule has 0 spiro atoms. The summed E-state index contributed by atoms with van der Waals surface area (Å²) in [7, 11) is 0. The average Bonchev–Trinajstić information content (AvgIpc) is 2.52. The molecule has 1 aromatic carbocycles. The predicted octanol–water partition coefficient (Wildman–Crippen LogP) is 2.71. The first kappa shape index (κ1) is 9.43. The van der Waals surface area contributed by atoms with E-state index in [0.717, 1.165) is 0 Å². The molecule has 14 heavy (non-hydrogen) atoms. The highest BCUT2D eigenvalue weighted by Gasteiger charge is 2.07. The second-order valence-corrected chi connectivity index (χ2v) is 3.31. The van der Waals surface area contributed by atoms with E-state index in [1.807, 2.05) is 0 Å². The number of aromatic nitrogens is 3. The molecular formula is C8H4Cl2FN3. The van der Waals surface area contributed by atoms with Crippen LogP contribution in [0.15, 0.2) is 24.5 Å². The van der Waals surface area contributed by atoms with Gasteiger partial charge in [-0.3, -0.25) is 4.57 Å². The van der Waals surface area contributed by atoms with E-state index in [1.54, 1.807) is 0 Å². The van der Waals surface area contributed by atoms with Gasteiger partial charge in [0.25, 0.3) is 0 Å². The zero-order valence-corrected chi connectivity index (χ0v) is 8.30. The van der Waals surface area contributed by atoms with E-state index >= 15 is 0 Å². The van der Waals surface area contributed by atoms with E-state index in [4.69, 9.17) is 23.2 Å². The lowest BCUT2D eigenvalue weighted by molar-refractivity contribution is 0.627. The summed E-state index contributed by atoms with van der Waals surface area (Å²) in [6, 6.07) is 4.00. The van der Waals surface area contributed by atoms with Crippen molar-refractivity contribution in [2.45, 2.75) is 0 Å². The Morgan fingerprint density at radius 2 is 2.07 bits per heavy atom. The fourth-order valence-electron chi connectivity index (χ4n) is 1.06. The van der Waals surface area contributed by atoms with Crippen LogP contribution in [-0.2, 0) is 0 Å². The Morgan fingerprint density at radius 1 is 1.29 bits per heavy atom. The molecule has 0 aliphatic rings. The minimum absolute atomic E-state index is 0.179. The lowest BCUT2D eigenvalue weighted by Crippen LogP contribution is -1.93. The van der Waals surface area contributed by atoms with Crippen molar-refractivity contribution in [2.75, 3.05) is 0 Å². The molecule has 2 rings (SSSR count). The second kappa shape index (κ2) is 3.55. The van der Waals surface area contributed by atoms with Crippen LogP contribution < -0.4 is 0 Å². The zero-order valence-electron chi connectivity index (χ0n) is 6.78. The number of halogens is 3. The first-order chi connectivity index (χ1) is 6.68. The molecule has 1 heterocycles. The molecule has 0 aliphatic carbocycles. The molecule has 1 aromatic heterocycles. The third-order valence-electron chi connectivity index (χ3n) is 1.68. The number of hydrogen-bond acceptors (Lipinski definition) is 2. The van der Waals surface area contributed by atoms with Gasteiger partial charge in [0.05, 0.1) is 10.7 Å². The summed E-state index contributed by atoms with van der Waals surface area (Å²) in [5, 5.41) is 7.61. The van der Waals surface area contributed by atoms with Gasteiger partial charge in [-0.25, -0.2) is 4.39 Å². The van der Waals surface area contributed by atoms with Gasteiger partial charge in [-0.15, -0.1) is 10.2 Å². The summed E-state index contributed by atoms with van der Waals surface area (Å²) in [6.07, 6.45) is 1.40. The standard InChI is InChI=1S/C8H4Cl2FN3/c9-6-3-5(11)1-2-7(6)14-4-12-13-8(14)10/h1-4H. The Morgan fingerprint density at radius 3 is 2.64 bits per heavy atom. The van der Waals surface area contributed by atoms with Crippen LogP contribution in [0, 0.1) is 5.82 Å². The van der Waals surface area contributed by atoms with Gasteiger partial charge >= 0.3 is 0 Å². The topological polar surface area (TPSA) is 30.7 Å². The quantitative estimate of drug-likeness (QED) is 0.756. The third-order valence-corrected chi connectivity index (χ3v) is 2.24. The molecule has 0 aliphatic heterocycles. The molecule has 0 bridgehead atoms. The summed E-state index contributed by atoms with van der Waals surface area (Å²) in [5.41, 5.74) is 0.545.